The molecule has 1 atom stereocenters. The molecule has 0 saturated heterocycles. The first kappa shape index (κ1) is 12.7. The van der Waals surface area contributed by atoms with Crippen LogP contribution in [0.5, 0.6) is 5.75 Å². The Balaban J connectivity index is 1.72. The standard InChI is InChI=1S/C18H20N2O/c19-12-14-8-10-21-18-11-15(5-6-16(14)18)20-9-7-13-3-1-2-4-17(13)20/h1-6,11,14H,7-10,12,19H2. The Morgan fingerprint density at radius 3 is 3.00 bits per heavy atom. The molecule has 2 aromatic rings. The van der Waals surface area contributed by atoms with Crippen LogP contribution in [0.4, 0.5) is 11.4 Å². The summed E-state index contributed by atoms with van der Waals surface area (Å²) in [5.41, 5.74) is 11.1. The van der Waals surface area contributed by atoms with Crippen molar-refractivity contribution in [2.45, 2.75) is 18.8 Å². The van der Waals surface area contributed by atoms with Gasteiger partial charge in [-0.25, -0.2) is 0 Å². The van der Waals surface area contributed by atoms with E-state index in [1.165, 1.54) is 22.5 Å². The number of rotatable bonds is 2. The first-order chi connectivity index (χ1) is 10.4. The first-order valence-electron chi connectivity index (χ1n) is 7.69. The predicted molar refractivity (Wildman–Crippen MR) is 85.5 cm³/mol. The van der Waals surface area contributed by atoms with Gasteiger partial charge in [-0.15, -0.1) is 0 Å². The number of nitrogens with two attached hydrogens (primary N) is 1. The molecule has 0 bridgehead atoms. The monoisotopic (exact) mass is 280 g/mol. The molecule has 0 spiro atoms. The summed E-state index contributed by atoms with van der Waals surface area (Å²) in [6.07, 6.45) is 2.13. The van der Waals surface area contributed by atoms with Gasteiger partial charge in [0.15, 0.2) is 0 Å². The molecule has 2 aromatic carbocycles. The Kier molecular flexibility index (Phi) is 3.08. The van der Waals surface area contributed by atoms with Gasteiger partial charge >= 0.3 is 0 Å². The normalized spacial score (nSPS) is 19.9. The third kappa shape index (κ3) is 2.09. The van der Waals surface area contributed by atoms with Crippen molar-refractivity contribution in [1.29, 1.82) is 0 Å². The van der Waals surface area contributed by atoms with Crippen molar-refractivity contribution in [2.75, 3.05) is 24.6 Å². The van der Waals surface area contributed by atoms with E-state index in [9.17, 15) is 0 Å². The lowest BCUT2D eigenvalue weighted by atomic mass is 9.93. The van der Waals surface area contributed by atoms with E-state index in [1.807, 2.05) is 0 Å². The van der Waals surface area contributed by atoms with Gasteiger partial charge in [0.25, 0.3) is 0 Å². The SMILES string of the molecule is NCC1CCOc2cc(N3CCc4ccccc43)ccc21. The number of nitrogens with zero attached hydrogens (tertiary/aromatic N) is 1. The molecular formula is C18H20N2O. The van der Waals surface area contributed by atoms with E-state index >= 15 is 0 Å². The Morgan fingerprint density at radius 2 is 2.10 bits per heavy atom. The zero-order chi connectivity index (χ0) is 14.2. The van der Waals surface area contributed by atoms with E-state index < -0.39 is 0 Å². The number of fused-ring (bicyclic) bond motifs is 2. The van der Waals surface area contributed by atoms with Crippen LogP contribution in [0.2, 0.25) is 0 Å². The minimum atomic E-state index is 0.439. The van der Waals surface area contributed by atoms with Gasteiger partial charge in [0, 0.05) is 29.9 Å². The molecule has 0 aliphatic carbocycles. The third-order valence-corrected chi connectivity index (χ3v) is 4.64. The average molecular weight is 280 g/mol. The van der Waals surface area contributed by atoms with Crippen LogP contribution in [0, 0.1) is 0 Å². The summed E-state index contributed by atoms with van der Waals surface area (Å²) in [5.74, 6) is 1.45. The zero-order valence-corrected chi connectivity index (χ0v) is 12.1. The fraction of sp³-hybridized carbons (Fsp3) is 0.333. The van der Waals surface area contributed by atoms with E-state index in [2.05, 4.69) is 47.4 Å². The summed E-state index contributed by atoms with van der Waals surface area (Å²) in [6, 6.07) is 15.2. The van der Waals surface area contributed by atoms with Gasteiger partial charge in [0.1, 0.15) is 5.75 Å². The molecule has 2 heterocycles. The summed E-state index contributed by atoms with van der Waals surface area (Å²) in [4.78, 5) is 2.38. The van der Waals surface area contributed by atoms with Gasteiger partial charge in [0.05, 0.1) is 6.61 Å². The van der Waals surface area contributed by atoms with E-state index in [1.54, 1.807) is 0 Å². The molecule has 0 fully saturated rings. The van der Waals surface area contributed by atoms with Crippen LogP contribution in [-0.2, 0) is 6.42 Å². The van der Waals surface area contributed by atoms with Crippen molar-refractivity contribution in [3.8, 4) is 5.75 Å². The molecule has 1 unspecified atom stereocenters. The third-order valence-electron chi connectivity index (χ3n) is 4.64. The smallest absolute Gasteiger partial charge is 0.124 e. The molecule has 0 amide bonds. The van der Waals surface area contributed by atoms with Gasteiger partial charge in [-0.05, 0) is 42.6 Å². The van der Waals surface area contributed by atoms with Crippen LogP contribution >= 0.6 is 0 Å². The van der Waals surface area contributed by atoms with E-state index in [-0.39, 0.29) is 0 Å². The molecular weight excluding hydrogens is 260 g/mol. The molecule has 0 aromatic heterocycles. The Bertz CT molecular complexity index is 668. The molecule has 4 rings (SSSR count). The second-order valence-electron chi connectivity index (χ2n) is 5.82. The topological polar surface area (TPSA) is 38.5 Å². The molecule has 2 aliphatic heterocycles. The van der Waals surface area contributed by atoms with Crippen molar-refractivity contribution in [3.63, 3.8) is 0 Å². The first-order valence-corrected chi connectivity index (χ1v) is 7.69. The van der Waals surface area contributed by atoms with Crippen molar-refractivity contribution in [3.05, 3.63) is 53.6 Å². The van der Waals surface area contributed by atoms with Crippen LogP contribution in [0.25, 0.3) is 0 Å². The minimum Gasteiger partial charge on any atom is -0.493 e. The number of anilines is 2. The Labute approximate surface area is 125 Å². The number of para-hydroxylation sites is 1. The summed E-state index contributed by atoms with van der Waals surface area (Å²) in [7, 11) is 0. The van der Waals surface area contributed by atoms with Gasteiger partial charge in [-0.1, -0.05) is 24.3 Å². The Morgan fingerprint density at radius 1 is 1.19 bits per heavy atom. The summed E-state index contributed by atoms with van der Waals surface area (Å²) in [6.45, 7) is 2.51. The molecule has 108 valence electrons. The fourth-order valence-electron chi connectivity index (χ4n) is 3.47. The van der Waals surface area contributed by atoms with Gasteiger partial charge < -0.3 is 15.4 Å². The lowest BCUT2D eigenvalue weighted by Gasteiger charge is -2.27. The van der Waals surface area contributed by atoms with Crippen LogP contribution in [0.3, 0.4) is 0 Å². The van der Waals surface area contributed by atoms with Crippen molar-refractivity contribution < 1.29 is 4.74 Å². The largest absolute Gasteiger partial charge is 0.493 e. The molecule has 3 heteroatoms. The van der Waals surface area contributed by atoms with Gasteiger partial charge in [-0.3, -0.25) is 0 Å². The fourth-order valence-corrected chi connectivity index (χ4v) is 3.47. The van der Waals surface area contributed by atoms with Crippen LogP contribution < -0.4 is 15.4 Å². The quantitative estimate of drug-likeness (QED) is 0.918. The maximum absolute atomic E-state index is 5.88. The predicted octanol–water partition coefficient (Wildman–Crippen LogP) is 3.21. The summed E-state index contributed by atoms with van der Waals surface area (Å²) < 4.78 is 5.86. The van der Waals surface area contributed by atoms with E-state index in [0.29, 0.717) is 12.5 Å². The highest BCUT2D eigenvalue weighted by Crippen LogP contribution is 2.40. The lowest BCUT2D eigenvalue weighted by Crippen LogP contribution is -2.21. The number of ether oxygens (including phenoxy) is 1. The average Bonchev–Trinajstić information content (AvgIpc) is 2.97. The van der Waals surface area contributed by atoms with Gasteiger partial charge in [-0.2, -0.15) is 0 Å². The highest BCUT2D eigenvalue weighted by molar-refractivity contribution is 5.71. The van der Waals surface area contributed by atoms with Crippen molar-refractivity contribution >= 4 is 11.4 Å². The van der Waals surface area contributed by atoms with Crippen molar-refractivity contribution in [2.24, 2.45) is 5.73 Å². The molecule has 2 aliphatic rings. The maximum Gasteiger partial charge on any atom is 0.124 e. The van der Waals surface area contributed by atoms with Crippen LogP contribution in [-0.4, -0.2) is 19.7 Å². The second kappa shape index (κ2) is 5.08. The second-order valence-corrected chi connectivity index (χ2v) is 5.82. The van der Waals surface area contributed by atoms with Gasteiger partial charge in [0.2, 0.25) is 0 Å². The summed E-state index contributed by atoms with van der Waals surface area (Å²) >= 11 is 0. The molecule has 0 saturated carbocycles. The summed E-state index contributed by atoms with van der Waals surface area (Å²) in [5, 5.41) is 0. The molecule has 0 radical (unpaired) electrons. The lowest BCUT2D eigenvalue weighted by molar-refractivity contribution is 0.269. The molecule has 2 N–H and O–H groups in total. The maximum atomic E-state index is 5.88. The minimum absolute atomic E-state index is 0.439. The number of hydrogen-bond acceptors (Lipinski definition) is 3. The number of benzene rings is 2. The van der Waals surface area contributed by atoms with Crippen LogP contribution in [0.1, 0.15) is 23.5 Å². The Hall–Kier alpha value is -2.00. The van der Waals surface area contributed by atoms with E-state index in [4.69, 9.17) is 10.5 Å². The zero-order valence-electron chi connectivity index (χ0n) is 12.1. The van der Waals surface area contributed by atoms with Crippen LogP contribution in [0.15, 0.2) is 42.5 Å². The molecule has 3 nitrogen and oxygen atoms in total. The van der Waals surface area contributed by atoms with E-state index in [0.717, 1.165) is 31.7 Å². The number of hydrogen-bond donors (Lipinski definition) is 1. The molecule has 21 heavy (non-hydrogen) atoms. The highest BCUT2D eigenvalue weighted by atomic mass is 16.5. The van der Waals surface area contributed by atoms with Crippen molar-refractivity contribution in [1.82, 2.24) is 0 Å². The highest BCUT2D eigenvalue weighted by Gasteiger charge is 2.24.